The zero-order valence-corrected chi connectivity index (χ0v) is 11.5. The van der Waals surface area contributed by atoms with E-state index in [-0.39, 0.29) is 29.3 Å². The van der Waals surface area contributed by atoms with Gasteiger partial charge in [0.1, 0.15) is 6.54 Å². The molecule has 112 valence electrons. The minimum atomic E-state index is -1.00. The van der Waals surface area contributed by atoms with Gasteiger partial charge in [-0.05, 0) is 29.7 Å². The molecule has 9 heteroatoms. The van der Waals surface area contributed by atoms with Gasteiger partial charge in [-0.25, -0.2) is 4.63 Å². The first-order chi connectivity index (χ1) is 9.95. The number of aromatic nitrogens is 2. The van der Waals surface area contributed by atoms with Gasteiger partial charge in [-0.15, -0.1) is 0 Å². The van der Waals surface area contributed by atoms with Crippen LogP contribution in [-0.4, -0.2) is 38.9 Å². The lowest BCUT2D eigenvalue weighted by Gasteiger charge is -2.28. The number of nitro groups is 1. The molecule has 0 aliphatic carbocycles. The topological polar surface area (TPSA) is 123 Å². The number of fused-ring (bicyclic) bond motifs is 1. The van der Waals surface area contributed by atoms with Crippen LogP contribution >= 0.6 is 0 Å². The fourth-order valence-electron chi connectivity index (χ4n) is 2.06. The van der Waals surface area contributed by atoms with E-state index in [1.165, 1.54) is 12.1 Å². The van der Waals surface area contributed by atoms with Gasteiger partial charge in [-0.3, -0.25) is 14.9 Å². The molecular weight excluding hydrogens is 280 g/mol. The highest BCUT2D eigenvalue weighted by Crippen LogP contribution is 2.32. The van der Waals surface area contributed by atoms with Crippen molar-refractivity contribution >= 4 is 28.4 Å². The van der Waals surface area contributed by atoms with Crippen LogP contribution in [0.15, 0.2) is 16.8 Å². The number of nitrogens with zero attached hydrogens (tertiary/aromatic N) is 4. The van der Waals surface area contributed by atoms with E-state index in [0.29, 0.717) is 12.1 Å². The molecule has 0 saturated heterocycles. The molecule has 1 N–H and O–H groups in total. The highest BCUT2D eigenvalue weighted by atomic mass is 16.6. The zero-order valence-electron chi connectivity index (χ0n) is 11.5. The molecule has 0 bridgehead atoms. The van der Waals surface area contributed by atoms with E-state index in [2.05, 4.69) is 14.9 Å². The number of anilines is 1. The van der Waals surface area contributed by atoms with Crippen LogP contribution in [0.1, 0.15) is 20.3 Å². The van der Waals surface area contributed by atoms with E-state index in [9.17, 15) is 14.9 Å². The molecule has 0 saturated carbocycles. The minimum absolute atomic E-state index is 0.0104. The molecule has 1 aromatic carbocycles. The molecule has 0 spiro atoms. The van der Waals surface area contributed by atoms with E-state index in [4.69, 9.17) is 5.11 Å². The molecule has 1 heterocycles. The summed E-state index contributed by atoms with van der Waals surface area (Å²) in [5.41, 5.74) is 0.421. The van der Waals surface area contributed by atoms with E-state index in [0.717, 1.165) is 0 Å². The number of aliphatic carboxylic acids is 1. The van der Waals surface area contributed by atoms with Crippen LogP contribution in [0, 0.1) is 10.1 Å². The second kappa shape index (κ2) is 5.73. The Morgan fingerprint density at radius 3 is 2.71 bits per heavy atom. The van der Waals surface area contributed by atoms with Gasteiger partial charge in [0.2, 0.25) is 5.52 Å². The third kappa shape index (κ3) is 2.76. The van der Waals surface area contributed by atoms with Crippen molar-refractivity contribution in [2.24, 2.45) is 0 Å². The number of nitro benzene ring substituents is 1. The second-order valence-corrected chi connectivity index (χ2v) is 4.60. The van der Waals surface area contributed by atoms with E-state index >= 15 is 0 Å². The number of non-ortho nitro benzene ring substituents is 1. The maximum absolute atomic E-state index is 11.0. The summed E-state index contributed by atoms with van der Waals surface area (Å²) < 4.78 is 4.59. The average molecular weight is 294 g/mol. The van der Waals surface area contributed by atoms with Crippen LogP contribution in [0.5, 0.6) is 0 Å². The van der Waals surface area contributed by atoms with Crippen molar-refractivity contribution in [1.29, 1.82) is 0 Å². The molecule has 0 radical (unpaired) electrons. The summed E-state index contributed by atoms with van der Waals surface area (Å²) in [4.78, 5) is 23.0. The van der Waals surface area contributed by atoms with E-state index in [1.54, 1.807) is 4.90 Å². The molecule has 1 unspecified atom stereocenters. The van der Waals surface area contributed by atoms with Crippen molar-refractivity contribution in [1.82, 2.24) is 10.3 Å². The third-order valence-electron chi connectivity index (χ3n) is 3.31. The maximum Gasteiger partial charge on any atom is 0.323 e. The van der Waals surface area contributed by atoms with Crippen LogP contribution in [0.2, 0.25) is 0 Å². The summed E-state index contributed by atoms with van der Waals surface area (Å²) in [6.45, 7) is 3.54. The van der Waals surface area contributed by atoms with Gasteiger partial charge in [-0.2, -0.15) is 0 Å². The van der Waals surface area contributed by atoms with Crippen molar-refractivity contribution in [2.45, 2.75) is 26.3 Å². The molecule has 1 atom stereocenters. The van der Waals surface area contributed by atoms with Gasteiger partial charge in [0.15, 0.2) is 5.52 Å². The Hall–Kier alpha value is -2.71. The molecule has 1 aromatic heterocycles. The highest BCUT2D eigenvalue weighted by Gasteiger charge is 2.25. The molecule has 0 aliphatic heterocycles. The second-order valence-electron chi connectivity index (χ2n) is 4.60. The Morgan fingerprint density at radius 2 is 2.14 bits per heavy atom. The number of carboxylic acid groups (broad SMARTS) is 1. The largest absolute Gasteiger partial charge is 0.480 e. The number of hydrogen-bond acceptors (Lipinski definition) is 7. The molecule has 2 rings (SSSR count). The highest BCUT2D eigenvalue weighted by molar-refractivity contribution is 5.95. The predicted octanol–water partition coefficient (Wildman–Crippen LogP) is 1.82. The smallest absolute Gasteiger partial charge is 0.323 e. The van der Waals surface area contributed by atoms with Crippen LogP contribution in [0.3, 0.4) is 0 Å². The first kappa shape index (κ1) is 14.7. The summed E-state index contributed by atoms with van der Waals surface area (Å²) in [6.07, 6.45) is 0.705. The third-order valence-corrected chi connectivity index (χ3v) is 3.31. The molecule has 2 aromatic rings. The number of carbonyl (C=O) groups is 1. The Kier molecular flexibility index (Phi) is 4.01. The first-order valence-electron chi connectivity index (χ1n) is 6.33. The molecule has 21 heavy (non-hydrogen) atoms. The fourth-order valence-corrected chi connectivity index (χ4v) is 2.06. The first-order valence-corrected chi connectivity index (χ1v) is 6.33. The van der Waals surface area contributed by atoms with Gasteiger partial charge in [0.05, 0.1) is 10.6 Å². The van der Waals surface area contributed by atoms with E-state index in [1.807, 2.05) is 13.8 Å². The lowest BCUT2D eigenvalue weighted by atomic mass is 10.1. The molecule has 0 amide bonds. The van der Waals surface area contributed by atoms with Crippen molar-refractivity contribution in [3.63, 3.8) is 0 Å². The molecular formula is C12H14N4O5. The summed E-state index contributed by atoms with van der Waals surface area (Å²) in [7, 11) is 0. The van der Waals surface area contributed by atoms with Crippen molar-refractivity contribution in [3.05, 3.63) is 22.2 Å². The van der Waals surface area contributed by atoms with Crippen molar-refractivity contribution < 1.29 is 19.5 Å². The number of hydrogen-bond donors (Lipinski definition) is 1. The Morgan fingerprint density at radius 1 is 1.48 bits per heavy atom. The molecule has 0 aliphatic rings. The normalized spacial score (nSPS) is 12.3. The fraction of sp³-hybridized carbons (Fsp3) is 0.417. The predicted molar refractivity (Wildman–Crippen MR) is 73.2 cm³/mol. The number of rotatable bonds is 6. The van der Waals surface area contributed by atoms with Gasteiger partial charge in [-0.1, -0.05) is 6.92 Å². The molecule has 9 nitrogen and oxygen atoms in total. The Bertz CT molecular complexity index is 683. The van der Waals surface area contributed by atoms with Crippen LogP contribution in [0.4, 0.5) is 11.4 Å². The lowest BCUT2D eigenvalue weighted by Crippen LogP contribution is -2.37. The van der Waals surface area contributed by atoms with Crippen LogP contribution in [0.25, 0.3) is 11.0 Å². The molecule has 0 fully saturated rings. The lowest BCUT2D eigenvalue weighted by molar-refractivity contribution is -0.383. The van der Waals surface area contributed by atoms with E-state index < -0.39 is 10.9 Å². The summed E-state index contributed by atoms with van der Waals surface area (Å²) in [5.74, 6) is -1.00. The zero-order chi connectivity index (χ0) is 15.6. The maximum atomic E-state index is 11.0. The number of carboxylic acids is 1. The van der Waals surface area contributed by atoms with Crippen LogP contribution < -0.4 is 4.90 Å². The van der Waals surface area contributed by atoms with Crippen molar-refractivity contribution in [3.8, 4) is 0 Å². The Balaban J connectivity index is 2.58. The van der Waals surface area contributed by atoms with Gasteiger partial charge >= 0.3 is 11.7 Å². The SMILES string of the molecule is CCC(C)N(CC(=O)O)c1ccc([N+](=O)[O-])c2nonc12. The quantitative estimate of drug-likeness (QED) is 0.632. The standard InChI is InChI=1S/C12H14N4O5/c1-3-7(2)15(6-10(17)18)8-4-5-9(16(19)20)12-11(8)13-21-14-12/h4-5,7H,3,6H2,1-2H3,(H,17,18). The Labute approximate surface area is 119 Å². The monoisotopic (exact) mass is 294 g/mol. The minimum Gasteiger partial charge on any atom is -0.480 e. The summed E-state index contributed by atoms with van der Waals surface area (Å²) in [5, 5.41) is 27.2. The summed E-state index contributed by atoms with van der Waals surface area (Å²) >= 11 is 0. The summed E-state index contributed by atoms with van der Waals surface area (Å²) in [6, 6.07) is 2.67. The van der Waals surface area contributed by atoms with Crippen LogP contribution in [-0.2, 0) is 4.79 Å². The average Bonchev–Trinajstić information content (AvgIpc) is 2.91. The van der Waals surface area contributed by atoms with Crippen molar-refractivity contribution in [2.75, 3.05) is 11.4 Å². The van der Waals surface area contributed by atoms with Gasteiger partial charge in [0.25, 0.3) is 0 Å². The number of benzene rings is 1. The van der Waals surface area contributed by atoms with Gasteiger partial charge < -0.3 is 10.0 Å². The van der Waals surface area contributed by atoms with Gasteiger partial charge in [0, 0.05) is 12.1 Å².